The molecule has 0 spiro atoms. The summed E-state index contributed by atoms with van der Waals surface area (Å²) in [5.74, 6) is -0.787. The van der Waals surface area contributed by atoms with E-state index in [1.54, 1.807) is 13.8 Å². The SMILES string of the molecule is CC(C)(O)CN1CCC[C@@H]1c1cc(F)ccc1F. The molecular weight excluding hydrogens is 236 g/mol. The molecule has 0 unspecified atom stereocenters. The van der Waals surface area contributed by atoms with E-state index in [0.29, 0.717) is 12.1 Å². The molecule has 0 saturated carbocycles. The van der Waals surface area contributed by atoms with Crippen molar-refractivity contribution in [3.8, 4) is 0 Å². The Morgan fingerprint density at radius 1 is 1.39 bits per heavy atom. The molecule has 0 radical (unpaired) electrons. The number of rotatable bonds is 3. The maximum absolute atomic E-state index is 13.8. The number of hydrogen-bond acceptors (Lipinski definition) is 2. The standard InChI is InChI=1S/C14H19F2NO/c1-14(2,18)9-17-7-3-4-13(17)11-8-10(15)5-6-12(11)16/h5-6,8,13,18H,3-4,7,9H2,1-2H3/t13-/m1/s1. The third-order valence-corrected chi connectivity index (χ3v) is 3.27. The van der Waals surface area contributed by atoms with Gasteiger partial charge in [0.25, 0.3) is 0 Å². The van der Waals surface area contributed by atoms with E-state index in [1.807, 2.05) is 4.90 Å². The van der Waals surface area contributed by atoms with Crippen LogP contribution in [0.4, 0.5) is 8.78 Å². The quantitative estimate of drug-likeness (QED) is 0.897. The highest BCUT2D eigenvalue weighted by Crippen LogP contribution is 2.34. The zero-order chi connectivity index (χ0) is 13.3. The van der Waals surface area contributed by atoms with E-state index in [-0.39, 0.29) is 11.9 Å². The van der Waals surface area contributed by atoms with Gasteiger partial charge in [0.05, 0.1) is 5.60 Å². The second-order valence-corrected chi connectivity index (χ2v) is 5.61. The van der Waals surface area contributed by atoms with Crippen molar-refractivity contribution in [2.45, 2.75) is 38.3 Å². The van der Waals surface area contributed by atoms with Crippen LogP contribution in [-0.4, -0.2) is 28.7 Å². The lowest BCUT2D eigenvalue weighted by molar-refractivity contribution is 0.0313. The van der Waals surface area contributed by atoms with Gasteiger partial charge in [0.2, 0.25) is 0 Å². The minimum absolute atomic E-state index is 0.132. The molecule has 1 atom stereocenters. The van der Waals surface area contributed by atoms with Crippen LogP contribution in [0.25, 0.3) is 0 Å². The van der Waals surface area contributed by atoms with Gasteiger partial charge in [-0.05, 0) is 51.4 Å². The van der Waals surface area contributed by atoms with Crippen LogP contribution in [0.1, 0.15) is 38.3 Å². The summed E-state index contributed by atoms with van der Waals surface area (Å²) < 4.78 is 27.0. The molecule has 1 fully saturated rings. The van der Waals surface area contributed by atoms with E-state index in [9.17, 15) is 13.9 Å². The first-order valence-corrected chi connectivity index (χ1v) is 6.28. The molecule has 0 amide bonds. The minimum atomic E-state index is -0.827. The minimum Gasteiger partial charge on any atom is -0.389 e. The molecule has 1 aromatic carbocycles. The summed E-state index contributed by atoms with van der Waals surface area (Å²) in [6.45, 7) is 4.73. The lowest BCUT2D eigenvalue weighted by Crippen LogP contribution is -2.38. The third kappa shape index (κ3) is 3.06. The zero-order valence-electron chi connectivity index (χ0n) is 10.8. The van der Waals surface area contributed by atoms with Crippen LogP contribution in [0.15, 0.2) is 18.2 Å². The molecule has 0 aliphatic carbocycles. The van der Waals surface area contributed by atoms with Gasteiger partial charge < -0.3 is 5.11 Å². The first kappa shape index (κ1) is 13.4. The van der Waals surface area contributed by atoms with Crippen molar-refractivity contribution in [3.05, 3.63) is 35.4 Å². The molecule has 1 aromatic rings. The molecule has 2 nitrogen and oxygen atoms in total. The Labute approximate surface area is 106 Å². The average molecular weight is 255 g/mol. The summed E-state index contributed by atoms with van der Waals surface area (Å²) in [6, 6.07) is 3.44. The molecule has 2 rings (SSSR count). The third-order valence-electron chi connectivity index (χ3n) is 3.27. The van der Waals surface area contributed by atoms with E-state index in [1.165, 1.54) is 12.1 Å². The summed E-state index contributed by atoms with van der Waals surface area (Å²) >= 11 is 0. The summed E-state index contributed by atoms with van der Waals surface area (Å²) in [6.07, 6.45) is 1.74. The monoisotopic (exact) mass is 255 g/mol. The molecule has 0 aromatic heterocycles. The van der Waals surface area contributed by atoms with Gasteiger partial charge >= 0.3 is 0 Å². The molecule has 100 valence electrons. The topological polar surface area (TPSA) is 23.5 Å². The van der Waals surface area contributed by atoms with Crippen molar-refractivity contribution in [1.29, 1.82) is 0 Å². The number of benzene rings is 1. The van der Waals surface area contributed by atoms with Crippen LogP contribution >= 0.6 is 0 Å². The van der Waals surface area contributed by atoms with Crippen LogP contribution in [0, 0.1) is 11.6 Å². The lowest BCUT2D eigenvalue weighted by atomic mass is 10.0. The van der Waals surface area contributed by atoms with Crippen molar-refractivity contribution in [2.24, 2.45) is 0 Å². The predicted molar refractivity (Wildman–Crippen MR) is 66.2 cm³/mol. The van der Waals surface area contributed by atoms with Gasteiger partial charge in [-0.3, -0.25) is 4.90 Å². The first-order valence-electron chi connectivity index (χ1n) is 6.28. The summed E-state index contributed by atoms with van der Waals surface area (Å²) in [7, 11) is 0. The predicted octanol–water partition coefficient (Wildman–Crippen LogP) is 2.87. The number of aliphatic hydroxyl groups is 1. The summed E-state index contributed by atoms with van der Waals surface area (Å²) in [5, 5.41) is 9.86. The Hall–Kier alpha value is -1.00. The fourth-order valence-electron chi connectivity index (χ4n) is 2.63. The molecule has 1 aliphatic heterocycles. The zero-order valence-corrected chi connectivity index (χ0v) is 10.8. The van der Waals surface area contributed by atoms with Crippen molar-refractivity contribution < 1.29 is 13.9 Å². The van der Waals surface area contributed by atoms with E-state index in [0.717, 1.165) is 25.5 Å². The largest absolute Gasteiger partial charge is 0.389 e. The van der Waals surface area contributed by atoms with E-state index >= 15 is 0 Å². The smallest absolute Gasteiger partial charge is 0.128 e. The van der Waals surface area contributed by atoms with Crippen LogP contribution in [0.5, 0.6) is 0 Å². The van der Waals surface area contributed by atoms with Crippen molar-refractivity contribution in [2.75, 3.05) is 13.1 Å². The molecular formula is C14H19F2NO. The average Bonchev–Trinajstić information content (AvgIpc) is 2.67. The second-order valence-electron chi connectivity index (χ2n) is 5.61. The van der Waals surface area contributed by atoms with Gasteiger partial charge in [-0.15, -0.1) is 0 Å². The molecule has 0 bridgehead atoms. The van der Waals surface area contributed by atoms with Gasteiger partial charge in [-0.25, -0.2) is 8.78 Å². The lowest BCUT2D eigenvalue weighted by Gasteiger charge is -2.30. The Bertz CT molecular complexity index is 428. The maximum Gasteiger partial charge on any atom is 0.128 e. The summed E-state index contributed by atoms with van der Waals surface area (Å²) in [4.78, 5) is 2.03. The fraction of sp³-hybridized carbons (Fsp3) is 0.571. The van der Waals surface area contributed by atoms with Crippen molar-refractivity contribution >= 4 is 0 Å². The number of likely N-dealkylation sites (tertiary alicyclic amines) is 1. The molecule has 18 heavy (non-hydrogen) atoms. The second kappa shape index (κ2) is 4.94. The van der Waals surface area contributed by atoms with Crippen LogP contribution in [-0.2, 0) is 0 Å². The van der Waals surface area contributed by atoms with Crippen LogP contribution in [0.3, 0.4) is 0 Å². The summed E-state index contributed by atoms with van der Waals surface area (Å²) in [5.41, 5.74) is -0.427. The Morgan fingerprint density at radius 2 is 2.11 bits per heavy atom. The number of nitrogens with zero attached hydrogens (tertiary/aromatic N) is 1. The maximum atomic E-state index is 13.8. The van der Waals surface area contributed by atoms with Gasteiger partial charge in [-0.1, -0.05) is 0 Å². The van der Waals surface area contributed by atoms with Crippen LogP contribution < -0.4 is 0 Å². The van der Waals surface area contributed by atoms with E-state index < -0.39 is 11.4 Å². The number of hydrogen-bond donors (Lipinski definition) is 1. The molecule has 1 heterocycles. The van der Waals surface area contributed by atoms with Crippen LogP contribution in [0.2, 0.25) is 0 Å². The Kier molecular flexibility index (Phi) is 3.69. The molecule has 1 N–H and O–H groups in total. The highest BCUT2D eigenvalue weighted by molar-refractivity contribution is 5.23. The highest BCUT2D eigenvalue weighted by Gasteiger charge is 2.31. The van der Waals surface area contributed by atoms with Crippen molar-refractivity contribution in [3.63, 3.8) is 0 Å². The molecule has 1 saturated heterocycles. The van der Waals surface area contributed by atoms with E-state index in [4.69, 9.17) is 0 Å². The van der Waals surface area contributed by atoms with Gasteiger partial charge in [0.15, 0.2) is 0 Å². The first-order chi connectivity index (χ1) is 8.37. The Balaban J connectivity index is 2.23. The van der Waals surface area contributed by atoms with Gasteiger partial charge in [0, 0.05) is 18.2 Å². The van der Waals surface area contributed by atoms with Gasteiger partial charge in [-0.2, -0.15) is 0 Å². The van der Waals surface area contributed by atoms with E-state index in [2.05, 4.69) is 0 Å². The number of halogens is 2. The Morgan fingerprint density at radius 3 is 2.78 bits per heavy atom. The number of β-amino-alcohol motifs (C(OH)–C–C–N with tert-alkyl or cyclic N) is 1. The molecule has 4 heteroatoms. The molecule has 1 aliphatic rings. The highest BCUT2D eigenvalue weighted by atomic mass is 19.1. The normalized spacial score (nSPS) is 21.5. The van der Waals surface area contributed by atoms with Crippen molar-refractivity contribution in [1.82, 2.24) is 4.90 Å². The fourth-order valence-corrected chi connectivity index (χ4v) is 2.63. The van der Waals surface area contributed by atoms with Gasteiger partial charge in [0.1, 0.15) is 11.6 Å².